The van der Waals surface area contributed by atoms with Gasteiger partial charge in [0.15, 0.2) is 0 Å². The second-order valence-corrected chi connectivity index (χ2v) is 10.6. The number of carbonyl (C=O) groups excluding carboxylic acids is 2. The minimum absolute atomic E-state index is 0.0179. The van der Waals surface area contributed by atoms with Crippen molar-refractivity contribution in [3.63, 3.8) is 0 Å². The van der Waals surface area contributed by atoms with Gasteiger partial charge in [0.25, 0.3) is 5.91 Å². The van der Waals surface area contributed by atoms with Gasteiger partial charge in [-0.05, 0) is 75.0 Å². The third-order valence-corrected chi connectivity index (χ3v) is 7.81. The van der Waals surface area contributed by atoms with Crippen LogP contribution in [-0.2, 0) is 11.3 Å². The van der Waals surface area contributed by atoms with Crippen LogP contribution in [0.25, 0.3) is 0 Å². The number of benzene rings is 3. The lowest BCUT2D eigenvalue weighted by Gasteiger charge is -2.31. The smallest absolute Gasteiger partial charge is 0.253 e. The van der Waals surface area contributed by atoms with Gasteiger partial charge in [0.05, 0.1) is 11.6 Å². The van der Waals surface area contributed by atoms with Crippen molar-refractivity contribution in [2.45, 2.75) is 45.2 Å². The molecule has 5 rings (SSSR count). The Balaban J connectivity index is 1.24. The van der Waals surface area contributed by atoms with Crippen LogP contribution < -0.4 is 15.5 Å². The summed E-state index contributed by atoms with van der Waals surface area (Å²) in [4.78, 5) is 31.3. The number of hydrogen-bond donors (Lipinski definition) is 2. The highest BCUT2D eigenvalue weighted by Gasteiger charge is 2.26. The summed E-state index contributed by atoms with van der Waals surface area (Å²) < 4.78 is 0. The summed E-state index contributed by atoms with van der Waals surface area (Å²) >= 11 is 0. The first kappa shape index (κ1) is 26.0. The fourth-order valence-electron chi connectivity index (χ4n) is 5.57. The lowest BCUT2D eigenvalue weighted by Crippen LogP contribution is -2.37. The summed E-state index contributed by atoms with van der Waals surface area (Å²) in [5.41, 5.74) is 4.60. The topological polar surface area (TPSA) is 64.7 Å². The van der Waals surface area contributed by atoms with Gasteiger partial charge in [0.1, 0.15) is 0 Å². The minimum atomic E-state index is -0.117. The van der Waals surface area contributed by atoms with Gasteiger partial charge in [-0.1, -0.05) is 60.7 Å². The number of piperidine rings is 1. The number of anilines is 2. The van der Waals surface area contributed by atoms with Gasteiger partial charge in [-0.3, -0.25) is 14.5 Å². The van der Waals surface area contributed by atoms with E-state index in [4.69, 9.17) is 0 Å². The summed E-state index contributed by atoms with van der Waals surface area (Å²) in [6, 6.07) is 26.1. The molecule has 1 atom stereocenters. The van der Waals surface area contributed by atoms with E-state index >= 15 is 0 Å². The van der Waals surface area contributed by atoms with E-state index in [1.807, 2.05) is 61.5 Å². The Hall–Kier alpha value is -3.64. The number of hydrogen-bond acceptors (Lipinski definition) is 4. The maximum atomic E-state index is 13.5. The number of nitrogens with zero attached hydrogens (tertiary/aromatic N) is 2. The maximum absolute atomic E-state index is 13.5. The molecule has 38 heavy (non-hydrogen) atoms. The van der Waals surface area contributed by atoms with Crippen molar-refractivity contribution in [3.05, 3.63) is 95.6 Å². The highest BCUT2D eigenvalue weighted by atomic mass is 16.2. The third-order valence-electron chi connectivity index (χ3n) is 7.81. The molecule has 0 aromatic heterocycles. The standard InChI is InChI=1S/C32H38N4O2/c1-24(26-12-6-3-7-13-26)33-32(38)29-22-28(14-15-30(29)36-18-8-9-19-36)34-31(37)27-16-20-35(21-17-27)23-25-10-4-2-5-11-25/h2-7,10-15,22,24,27H,8-9,16-21,23H2,1H3,(H,33,38)(H,34,37). The number of amides is 2. The van der Waals surface area contributed by atoms with Gasteiger partial charge in [-0.25, -0.2) is 0 Å². The fourth-order valence-corrected chi connectivity index (χ4v) is 5.57. The van der Waals surface area contributed by atoms with E-state index in [9.17, 15) is 9.59 Å². The quantitative estimate of drug-likeness (QED) is 0.412. The summed E-state index contributed by atoms with van der Waals surface area (Å²) in [7, 11) is 0. The molecule has 0 radical (unpaired) electrons. The maximum Gasteiger partial charge on any atom is 0.253 e. The molecule has 2 heterocycles. The van der Waals surface area contributed by atoms with Crippen LogP contribution >= 0.6 is 0 Å². The molecule has 2 saturated heterocycles. The first-order valence-corrected chi connectivity index (χ1v) is 13.9. The van der Waals surface area contributed by atoms with Crippen LogP contribution in [0, 0.1) is 5.92 Å². The van der Waals surface area contributed by atoms with Crippen LogP contribution in [0.1, 0.15) is 60.1 Å². The van der Waals surface area contributed by atoms with Gasteiger partial charge in [-0.2, -0.15) is 0 Å². The molecule has 0 aliphatic carbocycles. The summed E-state index contributed by atoms with van der Waals surface area (Å²) in [6.45, 7) is 6.63. The third kappa shape index (κ3) is 6.43. The van der Waals surface area contributed by atoms with Crippen molar-refractivity contribution in [1.82, 2.24) is 10.2 Å². The van der Waals surface area contributed by atoms with E-state index < -0.39 is 0 Å². The lowest BCUT2D eigenvalue weighted by atomic mass is 9.95. The molecule has 2 aliphatic heterocycles. The lowest BCUT2D eigenvalue weighted by molar-refractivity contribution is -0.121. The SMILES string of the molecule is CC(NC(=O)c1cc(NC(=O)C2CCN(Cc3ccccc3)CC2)ccc1N1CCCC1)c1ccccc1. The summed E-state index contributed by atoms with van der Waals surface area (Å²) in [5.74, 6) is -0.0912. The Labute approximate surface area is 226 Å². The first-order chi connectivity index (χ1) is 18.6. The van der Waals surface area contributed by atoms with Crippen LogP contribution in [0.3, 0.4) is 0 Å². The Kier molecular flexibility index (Phi) is 8.39. The van der Waals surface area contributed by atoms with Gasteiger partial charge in [0, 0.05) is 36.9 Å². The zero-order valence-corrected chi connectivity index (χ0v) is 22.2. The highest BCUT2D eigenvalue weighted by Crippen LogP contribution is 2.29. The Morgan fingerprint density at radius 2 is 1.53 bits per heavy atom. The molecule has 2 fully saturated rings. The number of likely N-dealkylation sites (tertiary alicyclic amines) is 1. The van der Waals surface area contributed by atoms with Crippen molar-refractivity contribution < 1.29 is 9.59 Å². The van der Waals surface area contributed by atoms with Crippen molar-refractivity contribution in [3.8, 4) is 0 Å². The molecule has 2 aliphatic rings. The number of rotatable bonds is 8. The van der Waals surface area contributed by atoms with E-state index in [2.05, 4.69) is 44.7 Å². The molecule has 2 N–H and O–H groups in total. The van der Waals surface area contributed by atoms with Crippen LogP contribution in [0.15, 0.2) is 78.9 Å². The Morgan fingerprint density at radius 3 is 2.21 bits per heavy atom. The summed E-state index contributed by atoms with van der Waals surface area (Å²) in [6.07, 6.45) is 3.94. The van der Waals surface area contributed by atoms with E-state index in [1.165, 1.54) is 5.56 Å². The predicted octanol–water partition coefficient (Wildman–Crippen LogP) is 5.63. The van der Waals surface area contributed by atoms with Gasteiger partial charge < -0.3 is 15.5 Å². The molecule has 0 bridgehead atoms. The highest BCUT2D eigenvalue weighted by molar-refractivity contribution is 6.02. The number of nitrogens with one attached hydrogen (secondary N) is 2. The zero-order valence-electron chi connectivity index (χ0n) is 22.2. The normalized spacial score (nSPS) is 17.2. The van der Waals surface area contributed by atoms with Gasteiger partial charge in [-0.15, -0.1) is 0 Å². The molecular weight excluding hydrogens is 472 g/mol. The van der Waals surface area contributed by atoms with E-state index in [-0.39, 0.29) is 23.8 Å². The molecule has 6 heteroatoms. The van der Waals surface area contributed by atoms with Crippen molar-refractivity contribution >= 4 is 23.2 Å². The first-order valence-electron chi connectivity index (χ1n) is 13.9. The van der Waals surface area contributed by atoms with Crippen LogP contribution in [0.5, 0.6) is 0 Å². The summed E-state index contributed by atoms with van der Waals surface area (Å²) in [5, 5.41) is 6.28. The predicted molar refractivity (Wildman–Crippen MR) is 153 cm³/mol. The second kappa shape index (κ2) is 12.3. The molecule has 3 aromatic rings. The minimum Gasteiger partial charge on any atom is -0.371 e. The Morgan fingerprint density at radius 1 is 0.868 bits per heavy atom. The van der Waals surface area contributed by atoms with Crippen molar-refractivity contribution in [2.24, 2.45) is 5.92 Å². The number of carbonyl (C=O) groups is 2. The molecule has 2 amide bonds. The average molecular weight is 511 g/mol. The van der Waals surface area contributed by atoms with Crippen LogP contribution in [0.4, 0.5) is 11.4 Å². The average Bonchev–Trinajstić information content (AvgIpc) is 3.49. The molecular formula is C32H38N4O2. The molecule has 198 valence electrons. The molecule has 6 nitrogen and oxygen atoms in total. The second-order valence-electron chi connectivity index (χ2n) is 10.6. The zero-order chi connectivity index (χ0) is 26.3. The van der Waals surface area contributed by atoms with E-state index in [0.29, 0.717) is 11.3 Å². The molecule has 0 saturated carbocycles. The van der Waals surface area contributed by atoms with Gasteiger partial charge in [0.2, 0.25) is 5.91 Å². The largest absolute Gasteiger partial charge is 0.371 e. The molecule has 0 spiro atoms. The Bertz CT molecular complexity index is 1220. The van der Waals surface area contributed by atoms with Crippen molar-refractivity contribution in [1.29, 1.82) is 0 Å². The monoisotopic (exact) mass is 510 g/mol. The molecule has 1 unspecified atom stereocenters. The molecule has 3 aromatic carbocycles. The van der Waals surface area contributed by atoms with Gasteiger partial charge >= 0.3 is 0 Å². The van der Waals surface area contributed by atoms with Crippen LogP contribution in [-0.4, -0.2) is 42.9 Å². The van der Waals surface area contributed by atoms with Crippen LogP contribution in [0.2, 0.25) is 0 Å². The fraction of sp³-hybridized carbons (Fsp3) is 0.375. The van der Waals surface area contributed by atoms with E-state index in [0.717, 1.165) is 69.7 Å². The van der Waals surface area contributed by atoms with E-state index in [1.54, 1.807) is 0 Å². The van der Waals surface area contributed by atoms with Crippen molar-refractivity contribution in [2.75, 3.05) is 36.4 Å².